The Labute approximate surface area is 92.4 Å². The molecular formula is C8H8Cl3NO. The third kappa shape index (κ3) is 3.16. The van der Waals surface area contributed by atoms with Crippen LogP contribution in [0.4, 0.5) is 0 Å². The predicted molar refractivity (Wildman–Crippen MR) is 57.1 cm³/mol. The number of nitrogens with two attached hydrogens (primary N) is 1. The van der Waals surface area contributed by atoms with E-state index < -0.39 is 0 Å². The Balaban J connectivity index is 0.00000144. The number of carbonyl (C=O) groups is 1. The number of halogens is 3. The summed E-state index contributed by atoms with van der Waals surface area (Å²) in [6.45, 7) is -0.0403. The molecule has 1 rings (SSSR count). The van der Waals surface area contributed by atoms with Crippen LogP contribution in [0, 0.1) is 0 Å². The van der Waals surface area contributed by atoms with Crippen LogP contribution in [0.2, 0.25) is 10.0 Å². The summed E-state index contributed by atoms with van der Waals surface area (Å²) in [6.07, 6.45) is 0. The summed E-state index contributed by atoms with van der Waals surface area (Å²) in [4.78, 5) is 11.1. The summed E-state index contributed by atoms with van der Waals surface area (Å²) >= 11 is 11.4. The lowest BCUT2D eigenvalue weighted by atomic mass is 10.1. The van der Waals surface area contributed by atoms with E-state index in [-0.39, 0.29) is 24.7 Å². The smallest absolute Gasteiger partial charge is 0.177 e. The van der Waals surface area contributed by atoms with Crippen LogP contribution in [0.1, 0.15) is 10.4 Å². The molecule has 2 nitrogen and oxygen atoms in total. The molecule has 0 atom stereocenters. The molecule has 72 valence electrons. The van der Waals surface area contributed by atoms with Crippen molar-refractivity contribution in [3.8, 4) is 0 Å². The molecule has 1 aromatic rings. The van der Waals surface area contributed by atoms with E-state index in [1.165, 1.54) is 6.07 Å². The van der Waals surface area contributed by atoms with Gasteiger partial charge in [-0.3, -0.25) is 4.79 Å². The van der Waals surface area contributed by atoms with Crippen molar-refractivity contribution in [3.05, 3.63) is 33.8 Å². The zero-order chi connectivity index (χ0) is 9.14. The minimum Gasteiger partial charge on any atom is -0.324 e. The molecule has 1 aromatic carbocycles. The number of hydrogen-bond donors (Lipinski definition) is 1. The number of rotatable bonds is 2. The fourth-order valence-corrected chi connectivity index (χ4v) is 1.34. The van der Waals surface area contributed by atoms with Crippen LogP contribution in [-0.4, -0.2) is 12.3 Å². The first kappa shape index (κ1) is 12.7. The highest BCUT2D eigenvalue weighted by Crippen LogP contribution is 2.20. The molecule has 0 bridgehead atoms. The topological polar surface area (TPSA) is 43.1 Å². The van der Waals surface area contributed by atoms with Crippen molar-refractivity contribution in [1.82, 2.24) is 0 Å². The Hall–Kier alpha value is -0.280. The SMILES string of the molecule is Cl.NCC(=O)c1ccc(Cl)cc1Cl. The Morgan fingerprint density at radius 2 is 2.00 bits per heavy atom. The minimum absolute atomic E-state index is 0. The van der Waals surface area contributed by atoms with Crippen molar-refractivity contribution in [2.45, 2.75) is 0 Å². The summed E-state index contributed by atoms with van der Waals surface area (Å²) in [5.74, 6) is -0.184. The zero-order valence-corrected chi connectivity index (χ0v) is 8.92. The van der Waals surface area contributed by atoms with E-state index in [1.54, 1.807) is 12.1 Å². The fourth-order valence-electron chi connectivity index (χ4n) is 0.826. The maximum atomic E-state index is 11.1. The second kappa shape index (κ2) is 5.45. The number of ketones is 1. The summed E-state index contributed by atoms with van der Waals surface area (Å²) in [5.41, 5.74) is 5.59. The lowest BCUT2D eigenvalue weighted by Gasteiger charge is -2.00. The Kier molecular flexibility index (Phi) is 5.33. The summed E-state index contributed by atoms with van der Waals surface area (Å²) in [7, 11) is 0. The number of benzene rings is 1. The second-order valence-electron chi connectivity index (χ2n) is 2.25. The highest BCUT2D eigenvalue weighted by molar-refractivity contribution is 6.36. The lowest BCUT2D eigenvalue weighted by molar-refractivity contribution is 0.100. The molecule has 0 heterocycles. The highest BCUT2D eigenvalue weighted by Gasteiger charge is 2.07. The molecular weight excluding hydrogens is 232 g/mol. The molecule has 0 aliphatic carbocycles. The van der Waals surface area contributed by atoms with E-state index in [0.29, 0.717) is 15.6 Å². The van der Waals surface area contributed by atoms with Crippen molar-refractivity contribution in [2.75, 3.05) is 6.54 Å². The van der Waals surface area contributed by atoms with E-state index in [4.69, 9.17) is 28.9 Å². The Bertz CT molecular complexity index is 314. The van der Waals surface area contributed by atoms with Crippen LogP contribution in [-0.2, 0) is 0 Å². The Morgan fingerprint density at radius 1 is 1.38 bits per heavy atom. The molecule has 0 radical (unpaired) electrons. The fraction of sp³-hybridized carbons (Fsp3) is 0.125. The quantitative estimate of drug-likeness (QED) is 0.808. The van der Waals surface area contributed by atoms with Crippen LogP contribution in [0.15, 0.2) is 18.2 Å². The normalized spacial score (nSPS) is 9.15. The maximum Gasteiger partial charge on any atom is 0.177 e. The zero-order valence-electron chi connectivity index (χ0n) is 6.59. The Morgan fingerprint density at radius 3 is 2.46 bits per heavy atom. The molecule has 0 amide bonds. The molecule has 0 saturated carbocycles. The molecule has 0 aliphatic rings. The van der Waals surface area contributed by atoms with Gasteiger partial charge in [-0.1, -0.05) is 23.2 Å². The number of Topliss-reactive ketones (excluding diaryl/α,β-unsaturated/α-hetero) is 1. The van der Waals surface area contributed by atoms with Crippen molar-refractivity contribution in [1.29, 1.82) is 0 Å². The first-order valence-electron chi connectivity index (χ1n) is 3.33. The van der Waals surface area contributed by atoms with Gasteiger partial charge in [-0.25, -0.2) is 0 Å². The van der Waals surface area contributed by atoms with Gasteiger partial charge in [-0.05, 0) is 18.2 Å². The van der Waals surface area contributed by atoms with Gasteiger partial charge in [0, 0.05) is 10.6 Å². The average Bonchev–Trinajstić information content (AvgIpc) is 2.03. The molecule has 0 unspecified atom stereocenters. The van der Waals surface area contributed by atoms with Crippen LogP contribution < -0.4 is 5.73 Å². The van der Waals surface area contributed by atoms with Crippen LogP contribution in [0.25, 0.3) is 0 Å². The van der Waals surface area contributed by atoms with Crippen molar-refractivity contribution >= 4 is 41.4 Å². The third-order valence-corrected chi connectivity index (χ3v) is 1.96. The molecule has 0 aliphatic heterocycles. The summed E-state index contributed by atoms with van der Waals surface area (Å²) in [6, 6.07) is 4.70. The molecule has 13 heavy (non-hydrogen) atoms. The van der Waals surface area contributed by atoms with Gasteiger partial charge in [-0.2, -0.15) is 0 Å². The summed E-state index contributed by atoms with van der Waals surface area (Å²) in [5, 5.41) is 0.853. The van der Waals surface area contributed by atoms with Gasteiger partial charge in [0.05, 0.1) is 11.6 Å². The largest absolute Gasteiger partial charge is 0.324 e. The van der Waals surface area contributed by atoms with E-state index in [1.807, 2.05) is 0 Å². The van der Waals surface area contributed by atoms with Gasteiger partial charge in [0.2, 0.25) is 0 Å². The molecule has 0 aromatic heterocycles. The van der Waals surface area contributed by atoms with Crippen LogP contribution >= 0.6 is 35.6 Å². The van der Waals surface area contributed by atoms with Crippen LogP contribution in [0.5, 0.6) is 0 Å². The molecule has 0 fully saturated rings. The predicted octanol–water partition coefficient (Wildman–Crippen LogP) is 2.56. The van der Waals surface area contributed by atoms with E-state index >= 15 is 0 Å². The van der Waals surface area contributed by atoms with E-state index in [2.05, 4.69) is 0 Å². The van der Waals surface area contributed by atoms with Crippen molar-refractivity contribution in [3.63, 3.8) is 0 Å². The van der Waals surface area contributed by atoms with Crippen molar-refractivity contribution < 1.29 is 4.79 Å². The second-order valence-corrected chi connectivity index (χ2v) is 3.10. The average molecular weight is 241 g/mol. The van der Waals surface area contributed by atoms with Gasteiger partial charge in [0.25, 0.3) is 0 Å². The van der Waals surface area contributed by atoms with E-state index in [0.717, 1.165) is 0 Å². The van der Waals surface area contributed by atoms with Crippen LogP contribution in [0.3, 0.4) is 0 Å². The standard InChI is InChI=1S/C8H7Cl2NO.ClH/c9-5-1-2-6(7(10)3-5)8(12)4-11;/h1-3H,4,11H2;1H. The third-order valence-electron chi connectivity index (χ3n) is 1.42. The van der Waals surface area contributed by atoms with Gasteiger partial charge in [-0.15, -0.1) is 12.4 Å². The lowest BCUT2D eigenvalue weighted by Crippen LogP contribution is -2.13. The number of carbonyl (C=O) groups excluding carboxylic acids is 1. The number of hydrogen-bond acceptors (Lipinski definition) is 2. The summed E-state index contributed by atoms with van der Waals surface area (Å²) < 4.78 is 0. The highest BCUT2D eigenvalue weighted by atomic mass is 35.5. The molecule has 0 spiro atoms. The van der Waals surface area contributed by atoms with Crippen molar-refractivity contribution in [2.24, 2.45) is 5.73 Å². The van der Waals surface area contributed by atoms with Gasteiger partial charge in [0.15, 0.2) is 5.78 Å². The maximum absolute atomic E-state index is 11.1. The first-order chi connectivity index (χ1) is 5.65. The molecule has 5 heteroatoms. The van der Waals surface area contributed by atoms with Gasteiger partial charge in [0.1, 0.15) is 0 Å². The van der Waals surface area contributed by atoms with Gasteiger partial charge >= 0.3 is 0 Å². The monoisotopic (exact) mass is 239 g/mol. The van der Waals surface area contributed by atoms with E-state index in [9.17, 15) is 4.79 Å². The molecule has 0 saturated heterocycles. The van der Waals surface area contributed by atoms with Gasteiger partial charge < -0.3 is 5.73 Å². The molecule has 2 N–H and O–H groups in total. The minimum atomic E-state index is -0.184. The first-order valence-corrected chi connectivity index (χ1v) is 4.09.